The lowest BCUT2D eigenvalue weighted by Crippen LogP contribution is -2.39. The zero-order valence-corrected chi connectivity index (χ0v) is 10.5. The second-order valence-corrected chi connectivity index (χ2v) is 4.41. The number of carbonyl (C=O) groups is 1. The number of hydrogen-bond donors (Lipinski definition) is 2. The van der Waals surface area contributed by atoms with Crippen molar-refractivity contribution in [1.82, 2.24) is 0 Å². The van der Waals surface area contributed by atoms with E-state index in [-0.39, 0.29) is 16.9 Å². The molecule has 1 rings (SSSR count). The zero-order chi connectivity index (χ0) is 14.8. The SMILES string of the molecule is CC(C)N(CC(F)(F)F)c1ccc(C(=O)O)c(N)c1. The fourth-order valence-corrected chi connectivity index (χ4v) is 1.69. The molecule has 0 bridgehead atoms. The van der Waals surface area contributed by atoms with Gasteiger partial charge in [-0.2, -0.15) is 13.2 Å². The maximum atomic E-state index is 12.5. The third-order valence-corrected chi connectivity index (χ3v) is 2.57. The maximum absolute atomic E-state index is 12.5. The lowest BCUT2D eigenvalue weighted by molar-refractivity contribution is -0.120. The quantitative estimate of drug-likeness (QED) is 0.830. The van der Waals surface area contributed by atoms with E-state index in [2.05, 4.69) is 0 Å². The van der Waals surface area contributed by atoms with Gasteiger partial charge in [-0.05, 0) is 32.0 Å². The molecule has 1 aromatic carbocycles. The lowest BCUT2D eigenvalue weighted by atomic mass is 10.1. The summed E-state index contributed by atoms with van der Waals surface area (Å²) >= 11 is 0. The highest BCUT2D eigenvalue weighted by atomic mass is 19.4. The molecule has 0 aromatic heterocycles. The molecule has 7 heteroatoms. The summed E-state index contributed by atoms with van der Waals surface area (Å²) in [5.74, 6) is -1.21. The number of carboxylic acids is 1. The molecule has 0 atom stereocenters. The summed E-state index contributed by atoms with van der Waals surface area (Å²) in [5.41, 5.74) is 5.60. The first kappa shape index (κ1) is 15.1. The number of nitrogens with two attached hydrogens (primary N) is 1. The number of hydrogen-bond acceptors (Lipinski definition) is 3. The Morgan fingerprint density at radius 2 is 2.00 bits per heavy atom. The largest absolute Gasteiger partial charge is 0.478 e. The molecule has 3 N–H and O–H groups in total. The van der Waals surface area contributed by atoms with Crippen molar-refractivity contribution in [3.8, 4) is 0 Å². The fraction of sp³-hybridized carbons (Fsp3) is 0.417. The summed E-state index contributed by atoms with van der Waals surface area (Å²) in [6, 6.07) is 3.39. The standard InChI is InChI=1S/C12H15F3N2O2/c1-7(2)17(6-12(13,14)15)8-3-4-9(11(18)19)10(16)5-8/h3-5,7H,6,16H2,1-2H3,(H,18,19). The van der Waals surface area contributed by atoms with Crippen LogP contribution < -0.4 is 10.6 Å². The Balaban J connectivity index is 3.11. The van der Waals surface area contributed by atoms with E-state index in [9.17, 15) is 18.0 Å². The molecule has 0 amide bonds. The maximum Gasteiger partial charge on any atom is 0.405 e. The number of anilines is 2. The van der Waals surface area contributed by atoms with Gasteiger partial charge in [0.25, 0.3) is 0 Å². The van der Waals surface area contributed by atoms with Crippen LogP contribution in [0.2, 0.25) is 0 Å². The average Bonchev–Trinajstić information content (AvgIpc) is 2.23. The monoisotopic (exact) mass is 276 g/mol. The summed E-state index contributed by atoms with van der Waals surface area (Å²) in [6.45, 7) is 2.12. The van der Waals surface area contributed by atoms with Crippen LogP contribution in [-0.4, -0.2) is 29.8 Å². The second kappa shape index (κ2) is 5.38. The minimum Gasteiger partial charge on any atom is -0.478 e. The molecule has 0 saturated carbocycles. The summed E-state index contributed by atoms with van der Waals surface area (Å²) in [7, 11) is 0. The first-order valence-electron chi connectivity index (χ1n) is 5.58. The van der Waals surface area contributed by atoms with Gasteiger partial charge in [-0.25, -0.2) is 4.79 Å². The van der Waals surface area contributed by atoms with Gasteiger partial charge in [-0.1, -0.05) is 0 Å². The fourth-order valence-electron chi connectivity index (χ4n) is 1.69. The van der Waals surface area contributed by atoms with E-state index in [1.165, 1.54) is 18.2 Å². The van der Waals surface area contributed by atoms with E-state index in [0.717, 1.165) is 4.90 Å². The molecule has 4 nitrogen and oxygen atoms in total. The molecule has 0 spiro atoms. The highest BCUT2D eigenvalue weighted by Gasteiger charge is 2.32. The van der Waals surface area contributed by atoms with Crippen molar-refractivity contribution >= 4 is 17.3 Å². The second-order valence-electron chi connectivity index (χ2n) is 4.41. The van der Waals surface area contributed by atoms with Crippen molar-refractivity contribution < 1.29 is 23.1 Å². The Bertz CT molecular complexity index is 473. The highest BCUT2D eigenvalue weighted by molar-refractivity contribution is 5.94. The van der Waals surface area contributed by atoms with Gasteiger partial charge in [0, 0.05) is 17.4 Å². The van der Waals surface area contributed by atoms with Crippen molar-refractivity contribution in [2.24, 2.45) is 0 Å². The lowest BCUT2D eigenvalue weighted by Gasteiger charge is -2.30. The number of benzene rings is 1. The smallest absolute Gasteiger partial charge is 0.405 e. The van der Waals surface area contributed by atoms with Crippen molar-refractivity contribution in [1.29, 1.82) is 0 Å². The first-order valence-corrected chi connectivity index (χ1v) is 5.58. The molecule has 0 radical (unpaired) electrons. The number of halogens is 3. The van der Waals surface area contributed by atoms with E-state index in [0.29, 0.717) is 0 Å². The van der Waals surface area contributed by atoms with Gasteiger partial charge in [-0.3, -0.25) is 0 Å². The Morgan fingerprint density at radius 3 is 2.37 bits per heavy atom. The zero-order valence-electron chi connectivity index (χ0n) is 10.5. The van der Waals surface area contributed by atoms with Crippen LogP contribution in [0.25, 0.3) is 0 Å². The number of rotatable bonds is 4. The van der Waals surface area contributed by atoms with Crippen molar-refractivity contribution in [2.75, 3.05) is 17.2 Å². The van der Waals surface area contributed by atoms with Crippen molar-refractivity contribution in [2.45, 2.75) is 26.1 Å². The summed E-state index contributed by atoms with van der Waals surface area (Å²) < 4.78 is 37.5. The molecule has 0 fully saturated rings. The van der Waals surface area contributed by atoms with Gasteiger partial charge >= 0.3 is 12.1 Å². The predicted octanol–water partition coefficient (Wildman–Crippen LogP) is 2.74. The Morgan fingerprint density at radius 1 is 1.42 bits per heavy atom. The first-order chi connectivity index (χ1) is 8.61. The number of aromatic carboxylic acids is 1. The Kier molecular flexibility index (Phi) is 4.28. The van der Waals surface area contributed by atoms with Gasteiger partial charge < -0.3 is 15.7 Å². The van der Waals surface area contributed by atoms with Crippen LogP contribution in [-0.2, 0) is 0 Å². The molecular formula is C12H15F3N2O2. The minimum atomic E-state index is -4.34. The Hall–Kier alpha value is -1.92. The van der Waals surface area contributed by atoms with Gasteiger partial charge in [0.1, 0.15) is 6.54 Å². The molecule has 0 aliphatic carbocycles. The van der Waals surface area contributed by atoms with E-state index in [1.807, 2.05) is 0 Å². The van der Waals surface area contributed by atoms with Crippen LogP contribution in [0.4, 0.5) is 24.5 Å². The third kappa shape index (κ3) is 4.04. The van der Waals surface area contributed by atoms with Crippen LogP contribution in [0.15, 0.2) is 18.2 Å². The molecule has 0 aliphatic heterocycles. The molecule has 0 aliphatic rings. The average molecular weight is 276 g/mol. The number of carboxylic acid groups (broad SMARTS) is 1. The van der Waals surface area contributed by atoms with Crippen LogP contribution in [0, 0.1) is 0 Å². The number of nitrogen functional groups attached to an aromatic ring is 1. The molecule has 0 unspecified atom stereocenters. The van der Waals surface area contributed by atoms with E-state index in [4.69, 9.17) is 10.8 Å². The summed E-state index contributed by atoms with van der Waals surface area (Å²) in [6.07, 6.45) is -4.34. The van der Waals surface area contributed by atoms with Crippen LogP contribution in [0.5, 0.6) is 0 Å². The van der Waals surface area contributed by atoms with Crippen LogP contribution in [0.1, 0.15) is 24.2 Å². The number of nitrogens with zero attached hydrogens (tertiary/aromatic N) is 1. The summed E-state index contributed by atoms with van der Waals surface area (Å²) in [4.78, 5) is 11.9. The topological polar surface area (TPSA) is 66.6 Å². The predicted molar refractivity (Wildman–Crippen MR) is 66.4 cm³/mol. The third-order valence-electron chi connectivity index (χ3n) is 2.57. The molecule has 106 valence electrons. The van der Waals surface area contributed by atoms with Gasteiger partial charge in [0.05, 0.1) is 5.56 Å². The van der Waals surface area contributed by atoms with Crippen molar-refractivity contribution in [3.05, 3.63) is 23.8 Å². The summed E-state index contributed by atoms with van der Waals surface area (Å²) in [5, 5.41) is 8.82. The van der Waals surface area contributed by atoms with Gasteiger partial charge in [-0.15, -0.1) is 0 Å². The minimum absolute atomic E-state index is 0.0576. The molecule has 1 aromatic rings. The molecular weight excluding hydrogens is 261 g/mol. The molecule has 19 heavy (non-hydrogen) atoms. The van der Waals surface area contributed by atoms with E-state index >= 15 is 0 Å². The van der Waals surface area contributed by atoms with Crippen LogP contribution in [0.3, 0.4) is 0 Å². The van der Waals surface area contributed by atoms with E-state index in [1.54, 1.807) is 13.8 Å². The normalized spacial score (nSPS) is 11.7. The highest BCUT2D eigenvalue weighted by Crippen LogP contribution is 2.27. The van der Waals surface area contributed by atoms with Crippen molar-refractivity contribution in [3.63, 3.8) is 0 Å². The molecule has 0 heterocycles. The van der Waals surface area contributed by atoms with Gasteiger partial charge in [0.2, 0.25) is 0 Å². The van der Waals surface area contributed by atoms with Gasteiger partial charge in [0.15, 0.2) is 0 Å². The number of alkyl halides is 3. The Labute approximate surface area is 108 Å². The van der Waals surface area contributed by atoms with Crippen LogP contribution >= 0.6 is 0 Å². The molecule has 0 saturated heterocycles. The van der Waals surface area contributed by atoms with E-state index < -0.39 is 24.7 Å².